The van der Waals surface area contributed by atoms with Gasteiger partial charge in [0.05, 0.1) is 5.70 Å². The summed E-state index contributed by atoms with van der Waals surface area (Å²) < 4.78 is 22.0. The normalized spacial score (nSPS) is 19.4. The van der Waals surface area contributed by atoms with E-state index in [1.54, 1.807) is 23.5 Å². The predicted octanol–water partition coefficient (Wildman–Crippen LogP) is 5.69. The van der Waals surface area contributed by atoms with Crippen LogP contribution in [0.5, 0.6) is 5.75 Å². The molecule has 5 nitrogen and oxygen atoms in total. The molecule has 4 heterocycles. The van der Waals surface area contributed by atoms with Gasteiger partial charge in [-0.2, -0.15) is 10.1 Å². The Morgan fingerprint density at radius 1 is 1.13 bits per heavy atom. The summed E-state index contributed by atoms with van der Waals surface area (Å²) in [5, 5.41) is 10.5. The monoisotopic (exact) mass is 436 g/mol. The molecule has 2 aliphatic rings. The number of ether oxygens (including phenoxy) is 1. The van der Waals surface area contributed by atoms with E-state index in [1.807, 2.05) is 34.3 Å². The van der Waals surface area contributed by atoms with Gasteiger partial charge in [-0.3, -0.25) is 0 Å². The van der Waals surface area contributed by atoms with Gasteiger partial charge in [0.1, 0.15) is 23.9 Å². The number of benzene rings is 2. The molecule has 1 N–H and O–H groups in total. The van der Waals surface area contributed by atoms with Crippen LogP contribution in [0.1, 0.15) is 28.1 Å². The lowest BCUT2D eigenvalue weighted by atomic mass is 9.86. The van der Waals surface area contributed by atoms with Gasteiger partial charge in [0.25, 0.3) is 0 Å². The SMILES string of the molecule is Fc1ccc([C@H]2C3=C(Nc4ncnn42)c2cc(Cl)ccc2O[C@H]3c2cccs2)cc1. The number of aromatic nitrogens is 3. The van der Waals surface area contributed by atoms with E-state index in [0.29, 0.717) is 11.0 Å². The molecule has 148 valence electrons. The Kier molecular flexibility index (Phi) is 3.94. The van der Waals surface area contributed by atoms with Crippen LogP contribution in [0.4, 0.5) is 10.3 Å². The molecule has 0 amide bonds. The number of thiophene rings is 1. The fourth-order valence-corrected chi connectivity index (χ4v) is 5.03. The minimum atomic E-state index is -0.325. The molecule has 0 bridgehead atoms. The number of anilines is 1. The van der Waals surface area contributed by atoms with E-state index in [1.165, 1.54) is 18.5 Å². The van der Waals surface area contributed by atoms with E-state index in [0.717, 1.165) is 33.0 Å². The first-order valence-corrected chi connectivity index (χ1v) is 10.6. The van der Waals surface area contributed by atoms with Gasteiger partial charge < -0.3 is 10.1 Å². The van der Waals surface area contributed by atoms with Gasteiger partial charge in [-0.25, -0.2) is 9.07 Å². The van der Waals surface area contributed by atoms with Gasteiger partial charge >= 0.3 is 0 Å². The van der Waals surface area contributed by atoms with Crippen molar-refractivity contribution in [3.8, 4) is 5.75 Å². The van der Waals surface area contributed by atoms with Crippen molar-refractivity contribution in [2.24, 2.45) is 0 Å². The van der Waals surface area contributed by atoms with Gasteiger partial charge in [-0.1, -0.05) is 29.8 Å². The summed E-state index contributed by atoms with van der Waals surface area (Å²) in [5.74, 6) is 1.07. The highest BCUT2D eigenvalue weighted by molar-refractivity contribution is 7.10. The second kappa shape index (κ2) is 6.68. The quantitative estimate of drug-likeness (QED) is 0.438. The van der Waals surface area contributed by atoms with Crippen LogP contribution in [-0.2, 0) is 0 Å². The molecule has 2 aromatic heterocycles. The van der Waals surface area contributed by atoms with Crippen molar-refractivity contribution < 1.29 is 9.13 Å². The predicted molar refractivity (Wildman–Crippen MR) is 114 cm³/mol. The smallest absolute Gasteiger partial charge is 0.226 e. The molecule has 0 saturated carbocycles. The topological polar surface area (TPSA) is 52.0 Å². The highest BCUT2D eigenvalue weighted by atomic mass is 35.5. The number of rotatable bonds is 2. The van der Waals surface area contributed by atoms with Crippen molar-refractivity contribution in [1.82, 2.24) is 14.8 Å². The minimum Gasteiger partial charge on any atom is -0.480 e. The third-order valence-corrected chi connectivity index (χ3v) is 6.51. The van der Waals surface area contributed by atoms with Crippen LogP contribution in [0.25, 0.3) is 5.70 Å². The van der Waals surface area contributed by atoms with E-state index < -0.39 is 0 Å². The first kappa shape index (κ1) is 17.7. The first-order valence-electron chi connectivity index (χ1n) is 9.35. The highest BCUT2D eigenvalue weighted by Gasteiger charge is 2.41. The zero-order valence-electron chi connectivity index (χ0n) is 15.4. The number of hydrogen-bond donors (Lipinski definition) is 1. The summed E-state index contributed by atoms with van der Waals surface area (Å²) in [7, 11) is 0. The third-order valence-electron chi connectivity index (χ3n) is 5.36. The molecule has 0 unspecified atom stereocenters. The summed E-state index contributed by atoms with van der Waals surface area (Å²) in [4.78, 5) is 5.46. The third kappa shape index (κ3) is 2.66. The molecule has 0 fully saturated rings. The maximum atomic E-state index is 13.7. The van der Waals surface area contributed by atoms with Crippen molar-refractivity contribution in [3.63, 3.8) is 0 Å². The zero-order valence-corrected chi connectivity index (χ0v) is 17.0. The summed E-state index contributed by atoms with van der Waals surface area (Å²) >= 11 is 7.94. The van der Waals surface area contributed by atoms with Crippen molar-refractivity contribution in [2.45, 2.75) is 12.1 Å². The lowest BCUT2D eigenvalue weighted by Crippen LogP contribution is -2.32. The lowest BCUT2D eigenvalue weighted by molar-refractivity contribution is 0.226. The standard InChI is InChI=1S/C22H14ClFN4OS/c23-13-5-8-16-15(10-13)19-18(21(29-16)17-2-1-9-30-17)20(12-3-6-14(24)7-4-12)28-22(27-19)25-11-26-28/h1-11,20-21H,(H,25,26,27)/t20-,21-/m0/s1. The first-order chi connectivity index (χ1) is 14.7. The molecule has 0 spiro atoms. The molecule has 0 saturated heterocycles. The van der Waals surface area contributed by atoms with Crippen LogP contribution in [0, 0.1) is 5.82 Å². The van der Waals surface area contributed by atoms with Gasteiger partial charge in [-0.15, -0.1) is 11.3 Å². The summed E-state index contributed by atoms with van der Waals surface area (Å²) in [6.07, 6.45) is 1.19. The number of nitrogens with zero attached hydrogens (tertiary/aromatic N) is 3. The summed E-state index contributed by atoms with van der Waals surface area (Å²) in [6, 6.07) is 15.8. The number of nitrogens with one attached hydrogen (secondary N) is 1. The largest absolute Gasteiger partial charge is 0.480 e. The molecule has 2 aliphatic heterocycles. The van der Waals surface area contributed by atoms with E-state index in [2.05, 4.69) is 21.5 Å². The number of hydrogen-bond acceptors (Lipinski definition) is 5. The second-order valence-electron chi connectivity index (χ2n) is 7.09. The molecule has 0 radical (unpaired) electrons. The molecule has 2 atom stereocenters. The molecule has 4 aromatic rings. The van der Waals surface area contributed by atoms with Crippen LogP contribution < -0.4 is 10.1 Å². The maximum absolute atomic E-state index is 13.7. The fraction of sp³-hybridized carbons (Fsp3) is 0.0909. The number of halogens is 2. The van der Waals surface area contributed by atoms with Crippen LogP contribution in [0.15, 0.2) is 71.9 Å². The van der Waals surface area contributed by atoms with E-state index >= 15 is 0 Å². The zero-order chi connectivity index (χ0) is 20.2. The minimum absolute atomic E-state index is 0.285. The van der Waals surface area contributed by atoms with Crippen LogP contribution in [0.3, 0.4) is 0 Å². The van der Waals surface area contributed by atoms with Crippen molar-refractivity contribution in [3.05, 3.63) is 98.7 Å². The van der Waals surface area contributed by atoms with E-state index in [4.69, 9.17) is 16.3 Å². The Morgan fingerprint density at radius 3 is 2.80 bits per heavy atom. The Labute approximate surface area is 180 Å². The number of fused-ring (bicyclic) bond motifs is 3. The van der Waals surface area contributed by atoms with E-state index in [9.17, 15) is 4.39 Å². The van der Waals surface area contributed by atoms with Crippen LogP contribution in [-0.4, -0.2) is 14.8 Å². The average Bonchev–Trinajstić information content (AvgIpc) is 3.44. The van der Waals surface area contributed by atoms with Gasteiger partial charge in [0.2, 0.25) is 5.95 Å². The van der Waals surface area contributed by atoms with E-state index in [-0.39, 0.29) is 18.0 Å². The Balaban J connectivity index is 1.64. The second-order valence-corrected chi connectivity index (χ2v) is 8.51. The van der Waals surface area contributed by atoms with Crippen molar-refractivity contribution >= 4 is 34.6 Å². The lowest BCUT2D eigenvalue weighted by Gasteiger charge is -2.38. The molecule has 8 heteroatoms. The Bertz CT molecular complexity index is 1280. The Hall–Kier alpha value is -3.16. The summed E-state index contributed by atoms with van der Waals surface area (Å²) in [5.41, 5.74) is 3.64. The molecule has 6 rings (SSSR count). The molecular formula is C22H14ClFN4OS. The fourth-order valence-electron chi connectivity index (χ4n) is 4.09. The highest BCUT2D eigenvalue weighted by Crippen LogP contribution is 2.51. The van der Waals surface area contributed by atoms with Gasteiger partial charge in [-0.05, 0) is 47.3 Å². The van der Waals surface area contributed by atoms with Crippen molar-refractivity contribution in [1.29, 1.82) is 0 Å². The molecule has 2 aromatic carbocycles. The molecular weight excluding hydrogens is 423 g/mol. The maximum Gasteiger partial charge on any atom is 0.226 e. The molecule has 0 aliphatic carbocycles. The van der Waals surface area contributed by atoms with Crippen LogP contribution >= 0.6 is 22.9 Å². The molecule has 30 heavy (non-hydrogen) atoms. The van der Waals surface area contributed by atoms with Gasteiger partial charge in [0.15, 0.2) is 6.10 Å². The Morgan fingerprint density at radius 2 is 2.00 bits per heavy atom. The van der Waals surface area contributed by atoms with Crippen molar-refractivity contribution in [2.75, 3.05) is 5.32 Å². The van der Waals surface area contributed by atoms with Gasteiger partial charge in [0, 0.05) is 21.0 Å². The average molecular weight is 437 g/mol. The van der Waals surface area contributed by atoms with Crippen LogP contribution in [0.2, 0.25) is 5.02 Å². The summed E-state index contributed by atoms with van der Waals surface area (Å²) in [6.45, 7) is 0.